The minimum Gasteiger partial charge on any atom is -0.490 e. The van der Waals surface area contributed by atoms with Gasteiger partial charge in [-0.3, -0.25) is 9.78 Å². The minimum atomic E-state index is -0.310. The number of nitrogens with one attached hydrogen (secondary N) is 1. The minimum absolute atomic E-state index is 0.185. The lowest BCUT2D eigenvalue weighted by Gasteiger charge is -2.12. The zero-order valence-electron chi connectivity index (χ0n) is 14.2. The fourth-order valence-electron chi connectivity index (χ4n) is 2.50. The number of amides is 1. The van der Waals surface area contributed by atoms with Crippen molar-refractivity contribution in [1.29, 1.82) is 5.26 Å². The summed E-state index contributed by atoms with van der Waals surface area (Å²) in [6, 6.07) is 16.2. The molecule has 3 aromatic rings. The van der Waals surface area contributed by atoms with Crippen LogP contribution >= 0.6 is 0 Å². The average molecular weight is 347 g/mol. The second-order valence-corrected chi connectivity index (χ2v) is 5.42. The Morgan fingerprint density at radius 2 is 2.00 bits per heavy atom. The van der Waals surface area contributed by atoms with E-state index in [1.165, 1.54) is 0 Å². The third kappa shape index (κ3) is 3.90. The van der Waals surface area contributed by atoms with Crippen molar-refractivity contribution >= 4 is 22.5 Å². The lowest BCUT2D eigenvalue weighted by Crippen LogP contribution is -2.20. The Bertz CT molecular complexity index is 974. The van der Waals surface area contributed by atoms with Crippen LogP contribution in [0, 0.1) is 11.3 Å². The summed E-state index contributed by atoms with van der Waals surface area (Å²) in [7, 11) is 0. The van der Waals surface area contributed by atoms with Crippen molar-refractivity contribution in [3.63, 3.8) is 0 Å². The molecule has 0 saturated heterocycles. The van der Waals surface area contributed by atoms with Crippen molar-refractivity contribution in [2.24, 2.45) is 0 Å². The van der Waals surface area contributed by atoms with Crippen LogP contribution in [0.2, 0.25) is 0 Å². The van der Waals surface area contributed by atoms with Gasteiger partial charge in [0, 0.05) is 17.6 Å². The van der Waals surface area contributed by atoms with Gasteiger partial charge in [-0.15, -0.1) is 0 Å². The van der Waals surface area contributed by atoms with E-state index in [4.69, 9.17) is 14.7 Å². The summed E-state index contributed by atoms with van der Waals surface area (Å²) in [4.78, 5) is 16.6. The van der Waals surface area contributed by atoms with Gasteiger partial charge >= 0.3 is 0 Å². The fraction of sp³-hybridized carbons (Fsp3) is 0.150. The van der Waals surface area contributed by atoms with E-state index in [1.54, 1.807) is 30.5 Å². The molecule has 0 bridgehead atoms. The van der Waals surface area contributed by atoms with Crippen LogP contribution in [0.3, 0.4) is 0 Å². The smallest absolute Gasteiger partial charge is 0.262 e. The highest BCUT2D eigenvalue weighted by Gasteiger charge is 2.11. The Morgan fingerprint density at radius 3 is 2.81 bits per heavy atom. The molecule has 6 nitrogen and oxygen atoms in total. The Balaban J connectivity index is 1.70. The van der Waals surface area contributed by atoms with E-state index in [9.17, 15) is 4.79 Å². The molecule has 6 heteroatoms. The molecule has 0 atom stereocenters. The molecule has 0 aliphatic heterocycles. The molecule has 0 radical (unpaired) electrons. The second-order valence-electron chi connectivity index (χ2n) is 5.42. The third-order valence-corrected chi connectivity index (χ3v) is 3.64. The summed E-state index contributed by atoms with van der Waals surface area (Å²) in [6.45, 7) is 2.08. The first-order valence-corrected chi connectivity index (χ1v) is 8.14. The number of fused-ring (bicyclic) bond motifs is 1. The zero-order valence-corrected chi connectivity index (χ0v) is 14.2. The maximum Gasteiger partial charge on any atom is 0.262 e. The van der Waals surface area contributed by atoms with Gasteiger partial charge in [0.1, 0.15) is 0 Å². The first-order valence-electron chi connectivity index (χ1n) is 8.14. The predicted octanol–water partition coefficient (Wildman–Crippen LogP) is 3.52. The summed E-state index contributed by atoms with van der Waals surface area (Å²) in [5.41, 5.74) is 1.81. The Kier molecular flexibility index (Phi) is 5.30. The molecular formula is C20H17N3O3. The largest absolute Gasteiger partial charge is 0.490 e. The Hall–Kier alpha value is -3.59. The normalized spacial score (nSPS) is 10.2. The number of benzene rings is 2. The molecule has 0 unspecified atom stereocenters. The molecule has 0 spiro atoms. The van der Waals surface area contributed by atoms with Gasteiger partial charge in [0.2, 0.25) is 0 Å². The number of pyridine rings is 1. The maximum absolute atomic E-state index is 12.3. The summed E-state index contributed by atoms with van der Waals surface area (Å²) in [6.07, 6.45) is 1.68. The molecule has 3 rings (SSSR count). The molecule has 2 aromatic carbocycles. The number of hydrogen-bond donors (Lipinski definition) is 1. The summed E-state index contributed by atoms with van der Waals surface area (Å²) in [5, 5.41) is 12.7. The number of nitriles is 1. The van der Waals surface area contributed by atoms with Crippen molar-refractivity contribution in [1.82, 2.24) is 4.98 Å². The highest BCUT2D eigenvalue weighted by Crippen LogP contribution is 2.28. The molecule has 0 aliphatic carbocycles. The van der Waals surface area contributed by atoms with Crippen LogP contribution in [0.1, 0.15) is 12.5 Å². The fourth-order valence-corrected chi connectivity index (χ4v) is 2.50. The molecule has 0 fully saturated rings. The molecule has 1 N–H and O–H groups in total. The number of anilines is 1. The molecule has 1 amide bonds. The van der Waals surface area contributed by atoms with Crippen molar-refractivity contribution in [2.45, 2.75) is 6.92 Å². The number of rotatable bonds is 6. The first kappa shape index (κ1) is 17.2. The number of nitrogens with zero attached hydrogens (tertiary/aromatic N) is 2. The Morgan fingerprint density at radius 1 is 1.15 bits per heavy atom. The first-order chi connectivity index (χ1) is 12.7. The number of ether oxygens (including phenoxy) is 2. The van der Waals surface area contributed by atoms with Crippen molar-refractivity contribution in [3.05, 3.63) is 60.3 Å². The lowest BCUT2D eigenvalue weighted by molar-refractivity contribution is -0.118. The molecule has 1 heterocycles. The predicted molar refractivity (Wildman–Crippen MR) is 98.2 cm³/mol. The number of para-hydroxylation sites is 1. The molecule has 0 saturated carbocycles. The van der Waals surface area contributed by atoms with E-state index < -0.39 is 0 Å². The maximum atomic E-state index is 12.3. The summed E-state index contributed by atoms with van der Waals surface area (Å²) in [5.74, 6) is 0.540. The SMILES string of the molecule is CCOc1cc(C#N)ccc1OCC(=O)Nc1cccc2cccnc12. The molecular weight excluding hydrogens is 330 g/mol. The van der Waals surface area contributed by atoms with Gasteiger partial charge < -0.3 is 14.8 Å². The molecule has 0 aliphatic rings. The quantitative estimate of drug-likeness (QED) is 0.737. The summed E-state index contributed by atoms with van der Waals surface area (Å²) >= 11 is 0. The lowest BCUT2D eigenvalue weighted by atomic mass is 10.2. The standard InChI is InChI=1S/C20H17N3O3/c1-2-25-18-11-14(12-21)8-9-17(18)26-13-19(24)23-16-7-3-5-15-6-4-10-22-20(15)16/h3-11H,2,13H2,1H3,(H,23,24). The van der Waals surface area contributed by atoms with Crippen molar-refractivity contribution < 1.29 is 14.3 Å². The highest BCUT2D eigenvalue weighted by atomic mass is 16.5. The van der Waals surface area contributed by atoms with Gasteiger partial charge in [-0.05, 0) is 31.2 Å². The van der Waals surface area contributed by atoms with E-state index in [0.29, 0.717) is 29.4 Å². The van der Waals surface area contributed by atoms with E-state index in [1.807, 2.05) is 37.3 Å². The van der Waals surface area contributed by atoms with Gasteiger partial charge in [0.25, 0.3) is 5.91 Å². The van der Waals surface area contributed by atoms with E-state index in [0.717, 1.165) is 10.9 Å². The van der Waals surface area contributed by atoms with Gasteiger partial charge in [0.05, 0.1) is 29.4 Å². The Labute approximate surface area is 151 Å². The topological polar surface area (TPSA) is 84.2 Å². The van der Waals surface area contributed by atoms with Gasteiger partial charge in [-0.25, -0.2) is 0 Å². The molecule has 1 aromatic heterocycles. The van der Waals surface area contributed by atoms with Crippen molar-refractivity contribution in [2.75, 3.05) is 18.5 Å². The number of hydrogen-bond acceptors (Lipinski definition) is 5. The van der Waals surface area contributed by atoms with E-state index >= 15 is 0 Å². The van der Waals surface area contributed by atoms with Crippen LogP contribution < -0.4 is 14.8 Å². The number of carbonyl (C=O) groups is 1. The van der Waals surface area contributed by atoms with Crippen molar-refractivity contribution in [3.8, 4) is 17.6 Å². The molecule has 26 heavy (non-hydrogen) atoms. The monoisotopic (exact) mass is 347 g/mol. The zero-order chi connectivity index (χ0) is 18.4. The average Bonchev–Trinajstić information content (AvgIpc) is 2.67. The van der Waals surface area contributed by atoms with Crippen LogP contribution in [0.4, 0.5) is 5.69 Å². The highest BCUT2D eigenvalue weighted by molar-refractivity contribution is 6.00. The van der Waals surface area contributed by atoms with Crippen LogP contribution in [-0.4, -0.2) is 24.1 Å². The van der Waals surface area contributed by atoms with Crippen LogP contribution in [0.15, 0.2) is 54.7 Å². The number of aromatic nitrogens is 1. The summed E-state index contributed by atoms with van der Waals surface area (Å²) < 4.78 is 11.0. The molecule has 130 valence electrons. The van der Waals surface area contributed by atoms with E-state index in [-0.39, 0.29) is 12.5 Å². The van der Waals surface area contributed by atoms with Gasteiger partial charge in [-0.1, -0.05) is 18.2 Å². The van der Waals surface area contributed by atoms with Crippen LogP contribution in [0.5, 0.6) is 11.5 Å². The van der Waals surface area contributed by atoms with Crippen LogP contribution in [0.25, 0.3) is 10.9 Å². The number of carbonyl (C=O) groups excluding carboxylic acids is 1. The third-order valence-electron chi connectivity index (χ3n) is 3.64. The second kappa shape index (κ2) is 7.99. The van der Waals surface area contributed by atoms with Gasteiger partial charge in [-0.2, -0.15) is 5.26 Å². The van der Waals surface area contributed by atoms with Crippen LogP contribution in [-0.2, 0) is 4.79 Å². The van der Waals surface area contributed by atoms with E-state index in [2.05, 4.69) is 10.3 Å². The van der Waals surface area contributed by atoms with Gasteiger partial charge in [0.15, 0.2) is 18.1 Å².